The zero-order chi connectivity index (χ0) is 10.3. The van der Waals surface area contributed by atoms with Gasteiger partial charge in [-0.1, -0.05) is 19.6 Å². The molecule has 0 N–H and O–H groups in total. The van der Waals surface area contributed by atoms with Crippen molar-refractivity contribution in [1.82, 2.24) is 4.67 Å². The van der Waals surface area contributed by atoms with Gasteiger partial charge in [-0.05, 0) is 33.0 Å². The summed E-state index contributed by atoms with van der Waals surface area (Å²) in [5, 5.41) is 0. The molecule has 1 aromatic rings. The fraction of sp³-hybridized carbons (Fsp3) is 0.600. The maximum Gasteiger partial charge on any atom is 0.126 e. The average Bonchev–Trinajstić information content (AvgIpc) is 2.53. The fourth-order valence-corrected chi connectivity index (χ4v) is 8.60. The standard InChI is InChI=1S/C10H18NOPSi/c1-11-10(9-6-5-7-12-9)13(11)8-14(2,3)4/h5-7,10H,8H2,1-4H3. The molecule has 1 fully saturated rings. The largest absolute Gasteiger partial charge is 0.467 e. The number of nitrogens with zero attached hydrogens (tertiary/aromatic N) is 1. The van der Waals surface area contributed by atoms with Crippen molar-refractivity contribution in [3.8, 4) is 0 Å². The van der Waals surface area contributed by atoms with Crippen LogP contribution in [0.15, 0.2) is 22.8 Å². The summed E-state index contributed by atoms with van der Waals surface area (Å²) in [6.45, 7) is 7.34. The lowest BCUT2D eigenvalue weighted by molar-refractivity contribution is 0.476. The molecule has 0 aromatic carbocycles. The highest BCUT2D eigenvalue weighted by atomic mass is 31.1. The Morgan fingerprint density at radius 3 is 2.71 bits per heavy atom. The number of furan rings is 1. The summed E-state index contributed by atoms with van der Waals surface area (Å²) >= 11 is 0. The summed E-state index contributed by atoms with van der Waals surface area (Å²) in [5.41, 5.74) is 0. The van der Waals surface area contributed by atoms with Crippen LogP contribution in [-0.2, 0) is 0 Å². The summed E-state index contributed by atoms with van der Waals surface area (Å²) < 4.78 is 7.94. The van der Waals surface area contributed by atoms with Crippen molar-refractivity contribution in [2.24, 2.45) is 0 Å². The lowest BCUT2D eigenvalue weighted by Gasteiger charge is -2.14. The van der Waals surface area contributed by atoms with E-state index in [2.05, 4.69) is 37.4 Å². The Morgan fingerprint density at radius 1 is 1.50 bits per heavy atom. The van der Waals surface area contributed by atoms with E-state index in [1.54, 1.807) is 6.26 Å². The van der Waals surface area contributed by atoms with Crippen molar-refractivity contribution >= 4 is 16.1 Å². The molecule has 2 nitrogen and oxygen atoms in total. The van der Waals surface area contributed by atoms with E-state index in [0.717, 1.165) is 5.76 Å². The minimum Gasteiger partial charge on any atom is -0.467 e. The summed E-state index contributed by atoms with van der Waals surface area (Å²) in [6.07, 6.45) is 1.78. The molecule has 1 aromatic heterocycles. The molecule has 2 heterocycles. The first-order chi connectivity index (χ1) is 6.49. The van der Waals surface area contributed by atoms with E-state index in [1.807, 2.05) is 6.07 Å². The summed E-state index contributed by atoms with van der Waals surface area (Å²) in [4.78, 5) is 0. The zero-order valence-corrected chi connectivity index (χ0v) is 11.2. The smallest absolute Gasteiger partial charge is 0.126 e. The van der Waals surface area contributed by atoms with Gasteiger partial charge in [0.05, 0.1) is 14.3 Å². The van der Waals surface area contributed by atoms with Crippen LogP contribution in [0.1, 0.15) is 11.5 Å². The van der Waals surface area contributed by atoms with Crippen LogP contribution in [0.3, 0.4) is 0 Å². The lowest BCUT2D eigenvalue weighted by Crippen LogP contribution is -2.23. The molecule has 1 aliphatic rings. The second-order valence-electron chi connectivity index (χ2n) is 5.12. The second-order valence-corrected chi connectivity index (χ2v) is 13.5. The van der Waals surface area contributed by atoms with Gasteiger partial charge >= 0.3 is 0 Å². The highest BCUT2D eigenvalue weighted by Gasteiger charge is 2.48. The molecular weight excluding hydrogens is 209 g/mol. The molecule has 0 bridgehead atoms. The first kappa shape index (κ1) is 10.4. The van der Waals surface area contributed by atoms with Gasteiger partial charge in [-0.2, -0.15) is 0 Å². The fourth-order valence-electron chi connectivity index (χ4n) is 1.75. The Balaban J connectivity index is 2.00. The van der Waals surface area contributed by atoms with Crippen molar-refractivity contribution in [3.63, 3.8) is 0 Å². The Bertz CT molecular complexity index is 306. The third-order valence-electron chi connectivity index (χ3n) is 2.42. The summed E-state index contributed by atoms with van der Waals surface area (Å²) in [5.74, 6) is 3.22. The quantitative estimate of drug-likeness (QED) is 0.446. The second kappa shape index (κ2) is 3.48. The Morgan fingerprint density at radius 2 is 2.21 bits per heavy atom. The van der Waals surface area contributed by atoms with E-state index in [-0.39, 0.29) is 8.07 Å². The van der Waals surface area contributed by atoms with Crippen LogP contribution in [0.25, 0.3) is 0 Å². The molecule has 0 amide bonds. The van der Waals surface area contributed by atoms with Crippen LogP contribution >= 0.6 is 8.07 Å². The molecule has 2 rings (SSSR count). The molecule has 3 atom stereocenters. The van der Waals surface area contributed by atoms with E-state index in [0.29, 0.717) is 5.78 Å². The van der Waals surface area contributed by atoms with Gasteiger partial charge in [-0.15, -0.1) is 0 Å². The van der Waals surface area contributed by atoms with Gasteiger partial charge in [-0.25, -0.2) is 0 Å². The van der Waals surface area contributed by atoms with E-state index < -0.39 is 8.07 Å². The van der Waals surface area contributed by atoms with Gasteiger partial charge in [0, 0.05) is 0 Å². The SMILES string of the molecule is CN1C(c2ccco2)P1C[Si](C)(C)C. The van der Waals surface area contributed by atoms with Gasteiger partial charge < -0.3 is 4.42 Å². The lowest BCUT2D eigenvalue weighted by atomic mass is 10.4. The molecule has 0 aliphatic carbocycles. The van der Waals surface area contributed by atoms with Crippen molar-refractivity contribution in [2.75, 3.05) is 12.8 Å². The minimum atomic E-state index is -0.908. The molecule has 1 saturated heterocycles. The molecule has 1 aliphatic heterocycles. The summed E-state index contributed by atoms with van der Waals surface area (Å²) in [6, 6.07) is 4.09. The maximum atomic E-state index is 5.46. The minimum absolute atomic E-state index is 0.0876. The Labute approximate surface area is 88.1 Å². The number of rotatable bonds is 3. The molecule has 78 valence electrons. The van der Waals surface area contributed by atoms with Crippen LogP contribution < -0.4 is 0 Å². The molecule has 0 radical (unpaired) electrons. The van der Waals surface area contributed by atoms with E-state index in [1.165, 1.54) is 5.79 Å². The monoisotopic (exact) mass is 227 g/mol. The van der Waals surface area contributed by atoms with Crippen LogP contribution in [0.2, 0.25) is 19.6 Å². The van der Waals surface area contributed by atoms with E-state index in [4.69, 9.17) is 4.42 Å². The highest BCUT2D eigenvalue weighted by Crippen LogP contribution is 2.73. The normalized spacial score (nSPS) is 31.9. The van der Waals surface area contributed by atoms with Crippen molar-refractivity contribution < 1.29 is 4.42 Å². The predicted octanol–water partition coefficient (Wildman–Crippen LogP) is 3.50. The molecular formula is C10H18NOPSi. The summed E-state index contributed by atoms with van der Waals surface area (Å²) in [7, 11) is 1.40. The number of hydrogen-bond donors (Lipinski definition) is 0. The highest BCUT2D eigenvalue weighted by molar-refractivity contribution is 7.64. The van der Waals surface area contributed by atoms with Gasteiger partial charge in [-0.3, -0.25) is 4.67 Å². The van der Waals surface area contributed by atoms with Crippen LogP contribution in [-0.4, -0.2) is 25.6 Å². The Hall–Kier alpha value is -0.113. The van der Waals surface area contributed by atoms with Crippen molar-refractivity contribution in [3.05, 3.63) is 24.2 Å². The van der Waals surface area contributed by atoms with Crippen molar-refractivity contribution in [1.29, 1.82) is 0 Å². The zero-order valence-electron chi connectivity index (χ0n) is 9.32. The maximum absolute atomic E-state index is 5.46. The van der Waals surface area contributed by atoms with E-state index >= 15 is 0 Å². The first-order valence-corrected chi connectivity index (χ1v) is 10.3. The molecule has 14 heavy (non-hydrogen) atoms. The van der Waals surface area contributed by atoms with Crippen LogP contribution in [0, 0.1) is 0 Å². The average molecular weight is 227 g/mol. The number of hydrogen-bond acceptors (Lipinski definition) is 2. The predicted molar refractivity (Wildman–Crippen MR) is 64.3 cm³/mol. The molecule has 0 spiro atoms. The Kier molecular flexibility index (Phi) is 2.58. The van der Waals surface area contributed by atoms with Gasteiger partial charge in [0.2, 0.25) is 0 Å². The van der Waals surface area contributed by atoms with Crippen LogP contribution in [0.5, 0.6) is 0 Å². The molecule has 0 saturated carbocycles. The molecule has 4 heteroatoms. The topological polar surface area (TPSA) is 16.1 Å². The first-order valence-electron chi connectivity index (χ1n) is 5.02. The third kappa shape index (κ3) is 2.10. The van der Waals surface area contributed by atoms with Gasteiger partial charge in [0.1, 0.15) is 11.5 Å². The van der Waals surface area contributed by atoms with Gasteiger partial charge in [0.25, 0.3) is 0 Å². The third-order valence-corrected chi connectivity index (χ3v) is 9.48. The van der Waals surface area contributed by atoms with E-state index in [9.17, 15) is 0 Å². The van der Waals surface area contributed by atoms with Crippen molar-refractivity contribution in [2.45, 2.75) is 25.4 Å². The van der Waals surface area contributed by atoms with Gasteiger partial charge in [0.15, 0.2) is 0 Å². The molecule has 3 unspecified atom stereocenters. The van der Waals surface area contributed by atoms with Crippen LogP contribution in [0.4, 0.5) is 0 Å².